The van der Waals surface area contributed by atoms with Crippen LogP contribution in [-0.4, -0.2) is 16.8 Å². The molecule has 32 heavy (non-hydrogen) atoms. The molecule has 0 aliphatic carbocycles. The summed E-state index contributed by atoms with van der Waals surface area (Å²) < 4.78 is 5.85. The standard InChI is InChI=1S/C28H38N2OS/c1-3-5-7-9-10-11-13-23-14-16-24(17-15-23)27-29-30-28(32-27)25-18-20-26(21-19-25)31-22-12-8-6-4-2/h14-21H,3-13,22H2,1-2H3. The summed E-state index contributed by atoms with van der Waals surface area (Å²) in [5.41, 5.74) is 3.65. The van der Waals surface area contributed by atoms with Crippen molar-refractivity contribution in [2.24, 2.45) is 0 Å². The van der Waals surface area contributed by atoms with Gasteiger partial charge in [-0.15, -0.1) is 10.2 Å². The van der Waals surface area contributed by atoms with E-state index < -0.39 is 0 Å². The van der Waals surface area contributed by atoms with Crippen molar-refractivity contribution < 1.29 is 4.74 Å². The third kappa shape index (κ3) is 8.05. The molecule has 3 aromatic rings. The summed E-state index contributed by atoms with van der Waals surface area (Å²) >= 11 is 1.64. The van der Waals surface area contributed by atoms with Crippen LogP contribution in [0.2, 0.25) is 0 Å². The van der Waals surface area contributed by atoms with Gasteiger partial charge in [0, 0.05) is 11.1 Å². The van der Waals surface area contributed by atoms with E-state index in [9.17, 15) is 0 Å². The number of unbranched alkanes of at least 4 members (excludes halogenated alkanes) is 8. The number of hydrogen-bond donors (Lipinski definition) is 0. The van der Waals surface area contributed by atoms with E-state index in [1.165, 1.54) is 69.8 Å². The van der Waals surface area contributed by atoms with Crippen molar-refractivity contribution in [2.75, 3.05) is 6.61 Å². The number of rotatable bonds is 15. The minimum Gasteiger partial charge on any atom is -0.494 e. The second-order valence-electron chi connectivity index (χ2n) is 8.56. The van der Waals surface area contributed by atoms with Crippen molar-refractivity contribution in [1.29, 1.82) is 0 Å². The average Bonchev–Trinajstić information content (AvgIpc) is 3.32. The maximum atomic E-state index is 5.85. The number of aromatic nitrogens is 2. The summed E-state index contributed by atoms with van der Waals surface area (Å²) in [6, 6.07) is 17.1. The summed E-state index contributed by atoms with van der Waals surface area (Å²) in [6.45, 7) is 5.28. The van der Waals surface area contributed by atoms with Crippen LogP contribution < -0.4 is 4.74 Å². The van der Waals surface area contributed by atoms with E-state index in [1.54, 1.807) is 11.3 Å². The molecule has 3 nitrogen and oxygen atoms in total. The zero-order chi connectivity index (χ0) is 22.4. The van der Waals surface area contributed by atoms with Gasteiger partial charge in [0.05, 0.1) is 6.61 Å². The molecule has 0 fully saturated rings. The minimum absolute atomic E-state index is 0.789. The predicted molar refractivity (Wildman–Crippen MR) is 137 cm³/mol. The topological polar surface area (TPSA) is 35.0 Å². The van der Waals surface area contributed by atoms with Gasteiger partial charge in [0.25, 0.3) is 0 Å². The largest absolute Gasteiger partial charge is 0.494 e. The Bertz CT molecular complexity index is 887. The number of hydrogen-bond acceptors (Lipinski definition) is 4. The molecule has 2 aromatic carbocycles. The third-order valence-corrected chi connectivity index (χ3v) is 6.83. The first-order valence-corrected chi connectivity index (χ1v) is 13.3. The van der Waals surface area contributed by atoms with Crippen molar-refractivity contribution in [1.82, 2.24) is 10.2 Å². The fraction of sp³-hybridized carbons (Fsp3) is 0.500. The lowest BCUT2D eigenvalue weighted by molar-refractivity contribution is 0.305. The molecule has 0 radical (unpaired) electrons. The van der Waals surface area contributed by atoms with E-state index in [0.717, 1.165) is 39.9 Å². The molecule has 1 heterocycles. The second-order valence-corrected chi connectivity index (χ2v) is 9.54. The van der Waals surface area contributed by atoms with Crippen LogP contribution in [0.25, 0.3) is 21.1 Å². The normalized spacial score (nSPS) is 11.1. The van der Waals surface area contributed by atoms with Crippen LogP contribution in [-0.2, 0) is 6.42 Å². The lowest BCUT2D eigenvalue weighted by Crippen LogP contribution is -1.96. The van der Waals surface area contributed by atoms with Gasteiger partial charge in [-0.25, -0.2) is 0 Å². The van der Waals surface area contributed by atoms with E-state index in [1.807, 2.05) is 12.1 Å². The summed E-state index contributed by atoms with van der Waals surface area (Å²) in [6.07, 6.45) is 14.1. The van der Waals surface area contributed by atoms with Crippen LogP contribution >= 0.6 is 11.3 Å². The molecule has 172 valence electrons. The van der Waals surface area contributed by atoms with Crippen LogP contribution in [0.15, 0.2) is 48.5 Å². The maximum Gasteiger partial charge on any atom is 0.148 e. The summed E-state index contributed by atoms with van der Waals surface area (Å²) in [7, 11) is 0. The monoisotopic (exact) mass is 450 g/mol. The molecule has 0 spiro atoms. The minimum atomic E-state index is 0.789. The molecule has 0 unspecified atom stereocenters. The van der Waals surface area contributed by atoms with Crippen molar-refractivity contribution in [3.8, 4) is 26.9 Å². The number of benzene rings is 2. The van der Waals surface area contributed by atoms with Gasteiger partial charge in [0.2, 0.25) is 0 Å². The molecular formula is C28H38N2OS. The highest BCUT2D eigenvalue weighted by molar-refractivity contribution is 7.17. The Labute approximate surface area is 198 Å². The van der Waals surface area contributed by atoms with Gasteiger partial charge in [-0.05, 0) is 49.1 Å². The number of nitrogens with zero attached hydrogens (tertiary/aromatic N) is 2. The molecule has 1 aromatic heterocycles. The Morgan fingerprint density at radius 3 is 1.78 bits per heavy atom. The number of ether oxygens (including phenoxy) is 1. The van der Waals surface area contributed by atoms with Gasteiger partial charge in [0.15, 0.2) is 0 Å². The lowest BCUT2D eigenvalue weighted by atomic mass is 10.0. The predicted octanol–water partition coefficient (Wildman–Crippen LogP) is 8.73. The molecule has 0 bridgehead atoms. The quantitative estimate of drug-likeness (QED) is 0.217. The average molecular weight is 451 g/mol. The van der Waals surface area contributed by atoms with E-state index in [-0.39, 0.29) is 0 Å². The lowest BCUT2D eigenvalue weighted by Gasteiger charge is -2.06. The second kappa shape index (κ2) is 14.1. The van der Waals surface area contributed by atoms with E-state index >= 15 is 0 Å². The maximum absolute atomic E-state index is 5.85. The summed E-state index contributed by atoms with van der Waals surface area (Å²) in [5.74, 6) is 0.927. The fourth-order valence-electron chi connectivity index (χ4n) is 3.79. The fourth-order valence-corrected chi connectivity index (χ4v) is 4.65. The Kier molecular flexibility index (Phi) is 10.7. The molecule has 0 saturated heterocycles. The van der Waals surface area contributed by atoms with Gasteiger partial charge in [-0.1, -0.05) is 101 Å². The first kappa shape index (κ1) is 24.4. The van der Waals surface area contributed by atoms with Gasteiger partial charge in [-0.2, -0.15) is 0 Å². The van der Waals surface area contributed by atoms with Crippen LogP contribution in [0, 0.1) is 0 Å². The highest BCUT2D eigenvalue weighted by Gasteiger charge is 2.09. The molecule has 0 saturated carbocycles. The van der Waals surface area contributed by atoms with E-state index in [4.69, 9.17) is 4.74 Å². The first-order valence-electron chi connectivity index (χ1n) is 12.5. The van der Waals surface area contributed by atoms with Gasteiger partial charge >= 0.3 is 0 Å². The zero-order valence-electron chi connectivity index (χ0n) is 19.8. The van der Waals surface area contributed by atoms with E-state index in [0.29, 0.717) is 0 Å². The summed E-state index contributed by atoms with van der Waals surface area (Å²) in [5, 5.41) is 10.8. The Morgan fingerprint density at radius 1 is 0.625 bits per heavy atom. The third-order valence-electron chi connectivity index (χ3n) is 5.81. The molecule has 4 heteroatoms. The first-order chi connectivity index (χ1) is 15.8. The molecule has 3 rings (SSSR count). The van der Waals surface area contributed by atoms with Crippen LogP contribution in [0.3, 0.4) is 0 Å². The Balaban J connectivity index is 1.48. The molecule has 0 aliphatic rings. The van der Waals surface area contributed by atoms with Gasteiger partial charge < -0.3 is 4.74 Å². The van der Waals surface area contributed by atoms with Crippen molar-refractivity contribution in [3.63, 3.8) is 0 Å². The molecule has 0 aliphatic heterocycles. The van der Waals surface area contributed by atoms with Crippen LogP contribution in [0.4, 0.5) is 0 Å². The van der Waals surface area contributed by atoms with Gasteiger partial charge in [-0.3, -0.25) is 0 Å². The summed E-state index contributed by atoms with van der Waals surface area (Å²) in [4.78, 5) is 0. The molecule has 0 atom stereocenters. The SMILES string of the molecule is CCCCCCCCc1ccc(-c2nnc(-c3ccc(OCCCCCC)cc3)s2)cc1. The van der Waals surface area contributed by atoms with Crippen LogP contribution in [0.1, 0.15) is 83.6 Å². The highest BCUT2D eigenvalue weighted by Crippen LogP contribution is 2.31. The number of aryl methyl sites for hydroxylation is 1. The smallest absolute Gasteiger partial charge is 0.148 e. The molecule has 0 N–H and O–H groups in total. The van der Waals surface area contributed by atoms with Crippen molar-refractivity contribution in [3.05, 3.63) is 54.1 Å². The Morgan fingerprint density at radius 2 is 1.16 bits per heavy atom. The van der Waals surface area contributed by atoms with Crippen molar-refractivity contribution >= 4 is 11.3 Å². The molecule has 0 amide bonds. The Hall–Kier alpha value is -2.20. The van der Waals surface area contributed by atoms with Crippen LogP contribution in [0.5, 0.6) is 5.75 Å². The molecular weight excluding hydrogens is 412 g/mol. The van der Waals surface area contributed by atoms with Crippen molar-refractivity contribution in [2.45, 2.75) is 84.5 Å². The zero-order valence-corrected chi connectivity index (χ0v) is 20.6. The van der Waals surface area contributed by atoms with E-state index in [2.05, 4.69) is 60.4 Å². The van der Waals surface area contributed by atoms with Gasteiger partial charge in [0.1, 0.15) is 15.8 Å². The highest BCUT2D eigenvalue weighted by atomic mass is 32.1.